The SMILES string of the molecule is Cc1cccc([C@H](CC(=O)O)NC(=O)c2cc(=O)n(-c3ccc(Cl)cc3)[nH]2)c1. The van der Waals surface area contributed by atoms with Crippen molar-refractivity contribution in [2.75, 3.05) is 0 Å². The zero-order chi connectivity index (χ0) is 20.3. The highest BCUT2D eigenvalue weighted by Gasteiger charge is 2.21. The van der Waals surface area contributed by atoms with Crippen molar-refractivity contribution < 1.29 is 14.7 Å². The smallest absolute Gasteiger partial charge is 0.305 e. The summed E-state index contributed by atoms with van der Waals surface area (Å²) in [6, 6.07) is 14.2. The number of nitrogens with zero attached hydrogens (tertiary/aromatic N) is 1. The number of amides is 1. The molecule has 8 heteroatoms. The Morgan fingerprint density at radius 2 is 1.89 bits per heavy atom. The predicted octanol–water partition coefficient (Wildman–Crippen LogP) is 3.07. The summed E-state index contributed by atoms with van der Waals surface area (Å²) in [6.45, 7) is 1.88. The maximum absolute atomic E-state index is 12.6. The number of nitrogens with one attached hydrogen (secondary N) is 2. The van der Waals surface area contributed by atoms with E-state index in [4.69, 9.17) is 11.6 Å². The van der Waals surface area contributed by atoms with Gasteiger partial charge in [0, 0.05) is 11.1 Å². The Labute approximate surface area is 165 Å². The second kappa shape index (κ2) is 8.14. The number of halogens is 1. The quantitative estimate of drug-likeness (QED) is 0.592. The number of aromatic amines is 1. The summed E-state index contributed by atoms with van der Waals surface area (Å²) in [5, 5.41) is 15.1. The first-order valence-corrected chi connectivity index (χ1v) is 8.88. The highest BCUT2D eigenvalue weighted by atomic mass is 35.5. The van der Waals surface area contributed by atoms with Crippen molar-refractivity contribution in [1.82, 2.24) is 15.1 Å². The molecular weight excluding hydrogens is 382 g/mol. The molecular formula is C20H18ClN3O4. The van der Waals surface area contributed by atoms with E-state index in [1.807, 2.05) is 19.1 Å². The third-order valence-electron chi connectivity index (χ3n) is 4.18. The van der Waals surface area contributed by atoms with Crippen LogP contribution in [-0.4, -0.2) is 26.8 Å². The third kappa shape index (κ3) is 4.50. The van der Waals surface area contributed by atoms with Crippen LogP contribution in [0.25, 0.3) is 5.69 Å². The fourth-order valence-electron chi connectivity index (χ4n) is 2.84. The lowest BCUT2D eigenvalue weighted by Crippen LogP contribution is -2.30. The van der Waals surface area contributed by atoms with Crippen LogP contribution in [0, 0.1) is 6.92 Å². The maximum Gasteiger partial charge on any atom is 0.305 e. The molecule has 0 aliphatic carbocycles. The first-order valence-electron chi connectivity index (χ1n) is 8.51. The van der Waals surface area contributed by atoms with Crippen molar-refractivity contribution in [3.63, 3.8) is 0 Å². The molecule has 28 heavy (non-hydrogen) atoms. The number of aromatic nitrogens is 2. The molecule has 3 rings (SSSR count). The van der Waals surface area contributed by atoms with Crippen LogP contribution in [0.15, 0.2) is 59.4 Å². The number of carboxylic acids is 1. The molecule has 0 fully saturated rings. The lowest BCUT2D eigenvalue weighted by Gasteiger charge is -2.17. The second-order valence-electron chi connectivity index (χ2n) is 6.36. The second-order valence-corrected chi connectivity index (χ2v) is 6.79. The Morgan fingerprint density at radius 3 is 2.54 bits per heavy atom. The summed E-state index contributed by atoms with van der Waals surface area (Å²) in [4.78, 5) is 36.1. The minimum absolute atomic E-state index is 0.0305. The van der Waals surface area contributed by atoms with Gasteiger partial charge in [0.05, 0.1) is 18.2 Å². The molecule has 1 heterocycles. The first-order chi connectivity index (χ1) is 13.3. The molecule has 3 N–H and O–H groups in total. The molecule has 0 radical (unpaired) electrons. The van der Waals surface area contributed by atoms with Crippen LogP contribution in [0.5, 0.6) is 0 Å². The van der Waals surface area contributed by atoms with Gasteiger partial charge in [-0.2, -0.15) is 0 Å². The van der Waals surface area contributed by atoms with Gasteiger partial charge in [-0.25, -0.2) is 4.68 Å². The van der Waals surface area contributed by atoms with Crippen molar-refractivity contribution in [3.8, 4) is 5.69 Å². The molecule has 0 spiro atoms. The van der Waals surface area contributed by atoms with Crippen LogP contribution in [0.2, 0.25) is 5.02 Å². The van der Waals surface area contributed by atoms with E-state index < -0.39 is 23.5 Å². The number of rotatable bonds is 6. The molecule has 0 unspecified atom stereocenters. The van der Waals surface area contributed by atoms with Crippen LogP contribution >= 0.6 is 11.6 Å². The minimum atomic E-state index is -1.04. The number of aliphatic carboxylic acids is 1. The van der Waals surface area contributed by atoms with Gasteiger partial charge in [-0.1, -0.05) is 41.4 Å². The summed E-state index contributed by atoms with van der Waals surface area (Å²) in [6.07, 6.45) is -0.280. The Kier molecular flexibility index (Phi) is 5.65. The van der Waals surface area contributed by atoms with E-state index in [0.29, 0.717) is 16.3 Å². The monoisotopic (exact) mass is 399 g/mol. The number of carbonyl (C=O) groups excluding carboxylic acids is 1. The van der Waals surface area contributed by atoms with Crippen molar-refractivity contribution in [2.24, 2.45) is 0 Å². The van der Waals surface area contributed by atoms with Crippen LogP contribution in [0.4, 0.5) is 0 Å². The number of hydrogen-bond donors (Lipinski definition) is 3. The molecule has 1 amide bonds. The standard InChI is InChI=1S/C20H18ClN3O4/c1-12-3-2-4-13(9-12)16(11-19(26)27)22-20(28)17-10-18(25)24(23-17)15-7-5-14(21)6-8-15/h2-10,16,23H,11H2,1H3,(H,22,28)(H,26,27)/t16-/m0/s1. The van der Waals surface area contributed by atoms with Gasteiger partial charge in [-0.05, 0) is 36.8 Å². The molecule has 2 aromatic carbocycles. The molecule has 7 nitrogen and oxygen atoms in total. The van der Waals surface area contributed by atoms with Gasteiger partial charge in [0.2, 0.25) is 0 Å². The van der Waals surface area contributed by atoms with Gasteiger partial charge in [0.1, 0.15) is 5.69 Å². The molecule has 144 valence electrons. The lowest BCUT2D eigenvalue weighted by atomic mass is 10.0. The molecule has 0 aliphatic rings. The van der Waals surface area contributed by atoms with Crippen molar-refractivity contribution in [3.05, 3.63) is 86.8 Å². The summed E-state index contributed by atoms with van der Waals surface area (Å²) >= 11 is 5.85. The van der Waals surface area contributed by atoms with Crippen molar-refractivity contribution in [2.45, 2.75) is 19.4 Å². The molecule has 0 saturated carbocycles. The van der Waals surface area contributed by atoms with Crippen LogP contribution in [0.3, 0.4) is 0 Å². The summed E-state index contributed by atoms with van der Waals surface area (Å²) in [5.41, 5.74) is 1.76. The third-order valence-corrected chi connectivity index (χ3v) is 4.43. The maximum atomic E-state index is 12.6. The summed E-state index contributed by atoms with van der Waals surface area (Å²) < 4.78 is 1.21. The Hall–Kier alpha value is -3.32. The number of carbonyl (C=O) groups is 2. The van der Waals surface area contributed by atoms with Gasteiger partial charge in [0.15, 0.2) is 0 Å². The van der Waals surface area contributed by atoms with Crippen molar-refractivity contribution >= 4 is 23.5 Å². The molecule has 1 aromatic heterocycles. The zero-order valence-corrected chi connectivity index (χ0v) is 15.7. The number of aryl methyl sites for hydroxylation is 1. The van der Waals surface area contributed by atoms with E-state index in [1.54, 1.807) is 36.4 Å². The highest BCUT2D eigenvalue weighted by molar-refractivity contribution is 6.30. The van der Waals surface area contributed by atoms with Gasteiger partial charge < -0.3 is 10.4 Å². The highest BCUT2D eigenvalue weighted by Crippen LogP contribution is 2.19. The zero-order valence-electron chi connectivity index (χ0n) is 15.0. The van der Waals surface area contributed by atoms with Gasteiger partial charge in [-0.3, -0.25) is 19.5 Å². The molecule has 0 saturated heterocycles. The van der Waals surface area contributed by atoms with Gasteiger partial charge in [0.25, 0.3) is 11.5 Å². The van der Waals surface area contributed by atoms with Crippen LogP contribution in [0.1, 0.15) is 34.1 Å². The van der Waals surface area contributed by atoms with E-state index in [-0.39, 0.29) is 12.1 Å². The molecule has 3 aromatic rings. The normalized spacial score (nSPS) is 11.8. The number of H-pyrrole nitrogens is 1. The molecule has 0 bridgehead atoms. The van der Waals surface area contributed by atoms with Crippen molar-refractivity contribution in [1.29, 1.82) is 0 Å². The fraction of sp³-hybridized carbons (Fsp3) is 0.150. The van der Waals surface area contributed by atoms with Gasteiger partial charge >= 0.3 is 5.97 Å². The Balaban J connectivity index is 1.86. The Morgan fingerprint density at radius 1 is 1.18 bits per heavy atom. The minimum Gasteiger partial charge on any atom is -0.481 e. The van der Waals surface area contributed by atoms with E-state index >= 15 is 0 Å². The van der Waals surface area contributed by atoms with E-state index in [1.165, 1.54) is 4.68 Å². The topological polar surface area (TPSA) is 104 Å². The Bertz CT molecular complexity index is 1070. The largest absolute Gasteiger partial charge is 0.481 e. The molecule has 0 aliphatic heterocycles. The lowest BCUT2D eigenvalue weighted by molar-refractivity contribution is -0.137. The first kappa shape index (κ1) is 19.4. The number of carboxylic acid groups (broad SMARTS) is 1. The van der Waals surface area contributed by atoms with E-state index in [2.05, 4.69) is 10.4 Å². The fourth-order valence-corrected chi connectivity index (χ4v) is 2.97. The average Bonchev–Trinajstić information content (AvgIpc) is 3.03. The van der Waals surface area contributed by atoms with E-state index in [0.717, 1.165) is 11.6 Å². The predicted molar refractivity (Wildman–Crippen MR) is 105 cm³/mol. The number of benzene rings is 2. The van der Waals surface area contributed by atoms with E-state index in [9.17, 15) is 19.5 Å². The van der Waals surface area contributed by atoms with Crippen LogP contribution < -0.4 is 10.9 Å². The van der Waals surface area contributed by atoms with Gasteiger partial charge in [-0.15, -0.1) is 0 Å². The van der Waals surface area contributed by atoms with Crippen LogP contribution in [-0.2, 0) is 4.79 Å². The average molecular weight is 400 g/mol. The number of hydrogen-bond acceptors (Lipinski definition) is 3. The molecule has 1 atom stereocenters. The summed E-state index contributed by atoms with van der Waals surface area (Å²) in [5.74, 6) is -1.61. The summed E-state index contributed by atoms with van der Waals surface area (Å²) in [7, 11) is 0.